The number of ether oxygens (including phenoxy) is 2. The molecule has 0 atom stereocenters. The molecule has 1 aliphatic heterocycles. The van der Waals surface area contributed by atoms with Crippen molar-refractivity contribution in [3.63, 3.8) is 0 Å². The molecule has 0 saturated heterocycles. The maximum atomic E-state index is 11.9. The largest absolute Gasteiger partial charge is 0.482 e. The van der Waals surface area contributed by atoms with E-state index in [2.05, 4.69) is 14.9 Å². The van der Waals surface area contributed by atoms with Crippen LogP contribution in [-0.2, 0) is 16.1 Å². The molecule has 1 N–H and O–H groups in total. The van der Waals surface area contributed by atoms with E-state index in [9.17, 15) is 9.59 Å². The molecule has 1 aliphatic rings. The number of nitrogens with one attached hydrogen (secondary N) is 1. The minimum Gasteiger partial charge on any atom is -0.482 e. The van der Waals surface area contributed by atoms with Gasteiger partial charge >= 0.3 is 5.97 Å². The van der Waals surface area contributed by atoms with E-state index in [4.69, 9.17) is 21.1 Å². The van der Waals surface area contributed by atoms with E-state index in [0.29, 0.717) is 27.0 Å². The van der Waals surface area contributed by atoms with Crippen LogP contribution in [0.2, 0.25) is 4.34 Å². The van der Waals surface area contributed by atoms with Crippen molar-refractivity contribution in [2.24, 2.45) is 0 Å². The van der Waals surface area contributed by atoms with Gasteiger partial charge in [-0.05, 0) is 18.2 Å². The predicted octanol–water partition coefficient (Wildman–Crippen LogP) is 1.88. The number of aromatic nitrogens is 2. The van der Waals surface area contributed by atoms with Crippen LogP contribution in [0.5, 0.6) is 5.75 Å². The Balaban J connectivity index is 1.70. The Morgan fingerprint density at radius 2 is 2.38 bits per heavy atom. The SMILES string of the molecule is O=C1COc2cc(C(=O)OCc3nnsc3Cl)ccc2N1. The second kappa shape index (κ2) is 5.66. The van der Waals surface area contributed by atoms with Gasteiger partial charge in [0.15, 0.2) is 6.61 Å². The van der Waals surface area contributed by atoms with E-state index in [1.807, 2.05) is 0 Å². The first kappa shape index (κ1) is 13.8. The highest BCUT2D eigenvalue weighted by molar-refractivity contribution is 7.10. The maximum Gasteiger partial charge on any atom is 0.338 e. The summed E-state index contributed by atoms with van der Waals surface area (Å²) in [4.78, 5) is 23.1. The lowest BCUT2D eigenvalue weighted by Gasteiger charge is -2.18. The number of fused-ring (bicyclic) bond motifs is 1. The van der Waals surface area contributed by atoms with Crippen LogP contribution in [0.3, 0.4) is 0 Å². The van der Waals surface area contributed by atoms with Gasteiger partial charge in [0.25, 0.3) is 5.91 Å². The number of carbonyl (C=O) groups is 2. The summed E-state index contributed by atoms with van der Waals surface area (Å²) in [7, 11) is 0. The van der Waals surface area contributed by atoms with Crippen molar-refractivity contribution in [3.8, 4) is 5.75 Å². The zero-order valence-electron chi connectivity index (χ0n) is 10.5. The van der Waals surface area contributed by atoms with Crippen molar-refractivity contribution in [2.45, 2.75) is 6.61 Å². The second-order valence-electron chi connectivity index (χ2n) is 4.12. The molecule has 3 rings (SSSR count). The number of carbonyl (C=O) groups excluding carboxylic acids is 2. The summed E-state index contributed by atoms with van der Waals surface area (Å²) in [6.07, 6.45) is 0. The summed E-state index contributed by atoms with van der Waals surface area (Å²) < 4.78 is 14.4. The lowest BCUT2D eigenvalue weighted by Crippen LogP contribution is -2.25. The van der Waals surface area contributed by atoms with Crippen molar-refractivity contribution in [1.82, 2.24) is 9.59 Å². The Morgan fingerprint density at radius 1 is 1.52 bits per heavy atom. The molecule has 0 spiro atoms. The van der Waals surface area contributed by atoms with Gasteiger partial charge in [0.2, 0.25) is 0 Å². The zero-order valence-corrected chi connectivity index (χ0v) is 12.0. The van der Waals surface area contributed by atoms with Crippen molar-refractivity contribution >= 4 is 40.7 Å². The molecule has 0 fully saturated rings. The normalized spacial score (nSPS) is 13.1. The minimum atomic E-state index is -0.539. The Morgan fingerprint density at radius 3 is 3.14 bits per heavy atom. The summed E-state index contributed by atoms with van der Waals surface area (Å²) in [5.41, 5.74) is 1.25. The minimum absolute atomic E-state index is 0.0527. The molecule has 0 bridgehead atoms. The summed E-state index contributed by atoms with van der Waals surface area (Å²) in [5, 5.41) is 6.38. The van der Waals surface area contributed by atoms with Gasteiger partial charge in [-0.25, -0.2) is 4.79 Å². The van der Waals surface area contributed by atoms with Crippen LogP contribution in [0.25, 0.3) is 0 Å². The van der Waals surface area contributed by atoms with Crippen LogP contribution in [0.1, 0.15) is 16.1 Å². The van der Waals surface area contributed by atoms with Gasteiger partial charge < -0.3 is 14.8 Å². The molecule has 1 aromatic heterocycles. The van der Waals surface area contributed by atoms with Gasteiger partial charge in [-0.15, -0.1) is 5.10 Å². The molecule has 9 heteroatoms. The summed E-state index contributed by atoms with van der Waals surface area (Å²) in [6, 6.07) is 4.63. The molecule has 21 heavy (non-hydrogen) atoms. The molecule has 0 aliphatic carbocycles. The van der Waals surface area contributed by atoms with Gasteiger partial charge in [-0.3, -0.25) is 4.79 Å². The summed E-state index contributed by atoms with van der Waals surface area (Å²) in [5.74, 6) is -0.344. The van der Waals surface area contributed by atoms with Crippen LogP contribution in [-0.4, -0.2) is 28.1 Å². The monoisotopic (exact) mass is 325 g/mol. The fraction of sp³-hybridized carbons (Fsp3) is 0.167. The quantitative estimate of drug-likeness (QED) is 0.866. The van der Waals surface area contributed by atoms with Crippen molar-refractivity contribution < 1.29 is 19.1 Å². The summed E-state index contributed by atoms with van der Waals surface area (Å²) in [6.45, 7) is -0.131. The first-order valence-corrected chi connectivity index (χ1v) is 6.99. The Kier molecular flexibility index (Phi) is 3.72. The number of hydrogen-bond acceptors (Lipinski definition) is 7. The number of hydrogen-bond donors (Lipinski definition) is 1. The molecule has 2 heterocycles. The van der Waals surface area contributed by atoms with Gasteiger partial charge in [0.05, 0.1) is 11.3 Å². The first-order valence-electron chi connectivity index (χ1n) is 5.84. The third kappa shape index (κ3) is 2.96. The van der Waals surface area contributed by atoms with E-state index in [-0.39, 0.29) is 19.1 Å². The van der Waals surface area contributed by atoms with Crippen LogP contribution in [0.15, 0.2) is 18.2 Å². The van der Waals surface area contributed by atoms with E-state index in [0.717, 1.165) is 11.5 Å². The van der Waals surface area contributed by atoms with Crippen LogP contribution in [0, 0.1) is 0 Å². The van der Waals surface area contributed by atoms with E-state index < -0.39 is 5.97 Å². The Hall–Kier alpha value is -2.19. The number of nitrogens with zero attached hydrogens (tertiary/aromatic N) is 2. The highest BCUT2D eigenvalue weighted by Crippen LogP contribution is 2.29. The number of halogens is 1. The molecule has 0 unspecified atom stereocenters. The molecule has 0 saturated carbocycles. The van der Waals surface area contributed by atoms with Gasteiger partial charge in [-0.1, -0.05) is 16.1 Å². The highest BCUT2D eigenvalue weighted by atomic mass is 35.5. The molecule has 0 radical (unpaired) electrons. The number of amides is 1. The molecule has 7 nitrogen and oxygen atoms in total. The standard InChI is InChI=1S/C12H8ClN3O4S/c13-11-8(15-16-21-11)4-20-12(18)6-1-2-7-9(3-6)19-5-10(17)14-7/h1-3H,4-5H2,(H,14,17). The molecular weight excluding hydrogens is 318 g/mol. The zero-order chi connectivity index (χ0) is 14.8. The molecule has 1 amide bonds. The number of benzene rings is 1. The molecule has 1 aromatic carbocycles. The molecule has 108 valence electrons. The topological polar surface area (TPSA) is 90.4 Å². The van der Waals surface area contributed by atoms with E-state index in [1.165, 1.54) is 12.1 Å². The highest BCUT2D eigenvalue weighted by Gasteiger charge is 2.19. The van der Waals surface area contributed by atoms with Crippen LogP contribution >= 0.6 is 23.1 Å². The van der Waals surface area contributed by atoms with Crippen LogP contribution < -0.4 is 10.1 Å². The molecular formula is C12H8ClN3O4S. The number of anilines is 1. The average molecular weight is 326 g/mol. The van der Waals surface area contributed by atoms with Crippen LogP contribution in [0.4, 0.5) is 5.69 Å². The van der Waals surface area contributed by atoms with Gasteiger partial charge in [-0.2, -0.15) is 0 Å². The number of esters is 1. The second-order valence-corrected chi connectivity index (χ2v) is 5.47. The average Bonchev–Trinajstić information content (AvgIpc) is 2.89. The lowest BCUT2D eigenvalue weighted by atomic mass is 10.1. The van der Waals surface area contributed by atoms with Gasteiger partial charge in [0, 0.05) is 11.5 Å². The summed E-state index contributed by atoms with van der Waals surface area (Å²) >= 11 is 6.84. The first-order chi connectivity index (χ1) is 10.1. The lowest BCUT2D eigenvalue weighted by molar-refractivity contribution is -0.118. The Labute approximate surface area is 128 Å². The van der Waals surface area contributed by atoms with Gasteiger partial charge in [0.1, 0.15) is 22.4 Å². The van der Waals surface area contributed by atoms with Crippen molar-refractivity contribution in [2.75, 3.05) is 11.9 Å². The Bertz CT molecular complexity index is 718. The third-order valence-electron chi connectivity index (χ3n) is 2.70. The fourth-order valence-corrected chi connectivity index (χ4v) is 2.30. The smallest absolute Gasteiger partial charge is 0.338 e. The maximum absolute atomic E-state index is 11.9. The fourth-order valence-electron chi connectivity index (χ4n) is 1.70. The molecule has 2 aromatic rings. The number of rotatable bonds is 3. The third-order valence-corrected chi connectivity index (χ3v) is 3.68. The predicted molar refractivity (Wildman–Crippen MR) is 74.6 cm³/mol. The van der Waals surface area contributed by atoms with Crippen molar-refractivity contribution in [1.29, 1.82) is 0 Å². The van der Waals surface area contributed by atoms with E-state index >= 15 is 0 Å². The van der Waals surface area contributed by atoms with E-state index in [1.54, 1.807) is 6.07 Å². The van der Waals surface area contributed by atoms with Crippen molar-refractivity contribution in [3.05, 3.63) is 33.8 Å².